The second-order valence-corrected chi connectivity index (χ2v) is 6.59. The summed E-state index contributed by atoms with van der Waals surface area (Å²) < 4.78 is 0. The zero-order valence-corrected chi connectivity index (χ0v) is 13.1. The van der Waals surface area contributed by atoms with Crippen LogP contribution in [0.1, 0.15) is 0 Å². The monoisotopic (exact) mass is 302 g/mol. The molecule has 0 N–H and O–H groups in total. The lowest BCUT2D eigenvalue weighted by Crippen LogP contribution is -1.83. The molecular formula is C24H14. The summed E-state index contributed by atoms with van der Waals surface area (Å²) in [5, 5.41) is 8.29. The van der Waals surface area contributed by atoms with E-state index in [9.17, 15) is 0 Å². The van der Waals surface area contributed by atoms with E-state index in [1.54, 1.807) is 0 Å². The van der Waals surface area contributed by atoms with E-state index in [1.165, 1.54) is 54.6 Å². The van der Waals surface area contributed by atoms with Gasteiger partial charge in [-0.15, -0.1) is 0 Å². The van der Waals surface area contributed by atoms with Gasteiger partial charge in [0, 0.05) is 0 Å². The topological polar surface area (TPSA) is 0 Å². The molecule has 0 atom stereocenters. The van der Waals surface area contributed by atoms with Crippen molar-refractivity contribution in [1.29, 1.82) is 0 Å². The Morgan fingerprint density at radius 2 is 1.12 bits per heavy atom. The average molecular weight is 302 g/mol. The molecule has 110 valence electrons. The fourth-order valence-corrected chi connectivity index (χ4v) is 4.37. The van der Waals surface area contributed by atoms with Crippen molar-refractivity contribution in [2.75, 3.05) is 0 Å². The minimum absolute atomic E-state index is 1.29. The molecule has 6 rings (SSSR count). The molecule has 5 aromatic rings. The third-order valence-corrected chi connectivity index (χ3v) is 5.36. The molecule has 0 fully saturated rings. The molecule has 0 amide bonds. The molecule has 24 heavy (non-hydrogen) atoms. The third-order valence-electron chi connectivity index (χ3n) is 5.36. The molecule has 0 unspecified atom stereocenters. The Morgan fingerprint density at radius 1 is 0.417 bits per heavy atom. The van der Waals surface area contributed by atoms with Crippen molar-refractivity contribution in [3.05, 3.63) is 84.9 Å². The highest BCUT2D eigenvalue weighted by atomic mass is 14.2. The summed E-state index contributed by atoms with van der Waals surface area (Å²) in [5.41, 5.74) is 5.37. The van der Waals surface area contributed by atoms with E-state index in [4.69, 9.17) is 0 Å². The number of hydrogen-bond acceptors (Lipinski definition) is 0. The molecule has 1 aliphatic rings. The Bertz CT molecular complexity index is 1260. The van der Waals surface area contributed by atoms with E-state index < -0.39 is 0 Å². The van der Waals surface area contributed by atoms with Gasteiger partial charge in [0.2, 0.25) is 0 Å². The second-order valence-electron chi connectivity index (χ2n) is 6.59. The molecule has 0 heterocycles. The molecule has 0 bridgehead atoms. The van der Waals surface area contributed by atoms with Crippen LogP contribution in [0.25, 0.3) is 54.6 Å². The second kappa shape index (κ2) is 4.24. The Labute approximate surface area is 140 Å². The molecule has 1 aliphatic carbocycles. The summed E-state index contributed by atoms with van der Waals surface area (Å²) in [6.45, 7) is 0. The Hall–Kier alpha value is -3.12. The van der Waals surface area contributed by atoms with Crippen molar-refractivity contribution in [2.24, 2.45) is 0 Å². The average Bonchev–Trinajstić information content (AvgIpc) is 3.00. The van der Waals surface area contributed by atoms with Crippen molar-refractivity contribution >= 4 is 32.3 Å². The van der Waals surface area contributed by atoms with Crippen molar-refractivity contribution < 1.29 is 0 Å². The SMILES string of the molecule is c1ccc(-c2cc3cccc4c3c3c2ccc2cccc-4c23)cc1. The molecule has 0 spiro atoms. The van der Waals surface area contributed by atoms with Gasteiger partial charge in [-0.2, -0.15) is 0 Å². The molecule has 0 saturated heterocycles. The van der Waals surface area contributed by atoms with Gasteiger partial charge >= 0.3 is 0 Å². The molecule has 0 radical (unpaired) electrons. The summed E-state index contributed by atoms with van der Waals surface area (Å²) in [5.74, 6) is 0. The first-order valence-corrected chi connectivity index (χ1v) is 8.39. The van der Waals surface area contributed by atoms with Crippen molar-refractivity contribution in [1.82, 2.24) is 0 Å². The summed E-state index contributed by atoms with van der Waals surface area (Å²) in [7, 11) is 0. The molecule has 0 aromatic heterocycles. The van der Waals surface area contributed by atoms with Gasteiger partial charge in [0.25, 0.3) is 0 Å². The highest BCUT2D eigenvalue weighted by molar-refractivity contribution is 6.34. The minimum atomic E-state index is 1.29. The molecule has 0 heteroatoms. The van der Waals surface area contributed by atoms with E-state index in [2.05, 4.69) is 84.9 Å². The first kappa shape index (κ1) is 12.3. The maximum atomic E-state index is 2.36. The largest absolute Gasteiger partial charge is 0.0622 e. The van der Waals surface area contributed by atoms with Gasteiger partial charge in [-0.3, -0.25) is 0 Å². The van der Waals surface area contributed by atoms with Crippen molar-refractivity contribution in [2.45, 2.75) is 0 Å². The van der Waals surface area contributed by atoms with E-state index in [0.29, 0.717) is 0 Å². The van der Waals surface area contributed by atoms with Crippen LogP contribution in [0.4, 0.5) is 0 Å². The summed E-state index contributed by atoms with van der Waals surface area (Å²) in [4.78, 5) is 0. The first-order chi connectivity index (χ1) is 11.9. The van der Waals surface area contributed by atoms with E-state index >= 15 is 0 Å². The summed E-state index contributed by atoms with van der Waals surface area (Å²) in [6, 6.07) is 31.0. The van der Waals surface area contributed by atoms with Gasteiger partial charge in [-0.1, -0.05) is 78.9 Å². The fraction of sp³-hybridized carbons (Fsp3) is 0. The van der Waals surface area contributed by atoms with Gasteiger partial charge < -0.3 is 0 Å². The predicted molar refractivity (Wildman–Crippen MR) is 103 cm³/mol. The molecule has 0 saturated carbocycles. The maximum Gasteiger partial charge on any atom is -0.000807 e. The number of hydrogen-bond donors (Lipinski definition) is 0. The zero-order chi connectivity index (χ0) is 15.7. The summed E-state index contributed by atoms with van der Waals surface area (Å²) in [6.07, 6.45) is 0. The maximum absolute atomic E-state index is 2.36. The van der Waals surface area contributed by atoms with Crippen LogP contribution in [0.3, 0.4) is 0 Å². The van der Waals surface area contributed by atoms with Crippen LogP contribution >= 0.6 is 0 Å². The lowest BCUT2D eigenvalue weighted by Gasteiger charge is -2.11. The lowest BCUT2D eigenvalue weighted by molar-refractivity contribution is 1.67. The van der Waals surface area contributed by atoms with Crippen molar-refractivity contribution in [3.8, 4) is 22.3 Å². The number of benzene rings is 5. The Kier molecular flexibility index (Phi) is 2.18. The minimum Gasteiger partial charge on any atom is -0.0622 e. The van der Waals surface area contributed by atoms with Crippen LogP contribution in [0.2, 0.25) is 0 Å². The molecule has 0 aliphatic heterocycles. The van der Waals surface area contributed by atoms with Crippen LogP contribution < -0.4 is 0 Å². The number of rotatable bonds is 1. The zero-order valence-electron chi connectivity index (χ0n) is 13.1. The van der Waals surface area contributed by atoms with Crippen LogP contribution in [-0.4, -0.2) is 0 Å². The van der Waals surface area contributed by atoms with E-state index in [1.807, 2.05) is 0 Å². The first-order valence-electron chi connectivity index (χ1n) is 8.39. The van der Waals surface area contributed by atoms with Gasteiger partial charge in [-0.05, 0) is 60.6 Å². The van der Waals surface area contributed by atoms with Gasteiger partial charge in [0.15, 0.2) is 0 Å². The van der Waals surface area contributed by atoms with Crippen LogP contribution in [0, 0.1) is 0 Å². The van der Waals surface area contributed by atoms with Crippen LogP contribution in [0.15, 0.2) is 84.9 Å². The fourth-order valence-electron chi connectivity index (χ4n) is 4.37. The molecule has 5 aromatic carbocycles. The number of fused-ring (bicyclic) bond motifs is 1. The van der Waals surface area contributed by atoms with E-state index in [0.717, 1.165) is 0 Å². The smallest absolute Gasteiger partial charge is 0.000807 e. The lowest BCUT2D eigenvalue weighted by atomic mass is 9.93. The van der Waals surface area contributed by atoms with Crippen LogP contribution in [0.5, 0.6) is 0 Å². The highest BCUT2D eigenvalue weighted by Crippen LogP contribution is 2.49. The van der Waals surface area contributed by atoms with Gasteiger partial charge in [-0.25, -0.2) is 0 Å². The van der Waals surface area contributed by atoms with E-state index in [-0.39, 0.29) is 0 Å². The van der Waals surface area contributed by atoms with Crippen molar-refractivity contribution in [3.63, 3.8) is 0 Å². The molecular weight excluding hydrogens is 288 g/mol. The highest BCUT2D eigenvalue weighted by Gasteiger charge is 2.21. The Balaban J connectivity index is 1.94. The standard InChI is InChI=1S/C24H14/c1-2-6-15(7-3-1)21-14-17-9-5-11-19-18-10-4-8-16-12-13-20(21)24(22(16)18)23(17)19/h1-14H. The van der Waals surface area contributed by atoms with Gasteiger partial charge in [0.1, 0.15) is 0 Å². The normalized spacial score (nSPS) is 12.2. The third kappa shape index (κ3) is 1.39. The Morgan fingerprint density at radius 3 is 1.92 bits per heavy atom. The predicted octanol–water partition coefficient (Wildman–Crippen LogP) is 6.79. The molecule has 0 nitrogen and oxygen atoms in total. The van der Waals surface area contributed by atoms with Crippen LogP contribution in [-0.2, 0) is 0 Å². The summed E-state index contributed by atoms with van der Waals surface area (Å²) >= 11 is 0. The quantitative estimate of drug-likeness (QED) is 0.293. The van der Waals surface area contributed by atoms with Gasteiger partial charge in [0.05, 0.1) is 0 Å².